The Morgan fingerprint density at radius 2 is 1.75 bits per heavy atom. The van der Waals surface area contributed by atoms with Gasteiger partial charge in [-0.05, 0) is 12.1 Å². The third kappa shape index (κ3) is 4.30. The number of hydrogen-bond donors (Lipinski definition) is 2. The van der Waals surface area contributed by atoms with Gasteiger partial charge in [-0.1, -0.05) is 12.1 Å². The van der Waals surface area contributed by atoms with E-state index in [1.807, 2.05) is 0 Å². The first-order valence-electron chi connectivity index (χ1n) is 2.73. The maximum Gasteiger partial charge on any atom is 2.00 e. The number of aromatic carboxylic acids is 1. The molecule has 12 heavy (non-hydrogen) atoms. The fraction of sp³-hybridized carbons (Fsp3) is 0. The van der Waals surface area contributed by atoms with E-state index in [4.69, 9.17) is 10.2 Å². The van der Waals surface area contributed by atoms with Gasteiger partial charge in [-0.25, -0.2) is 4.79 Å². The Morgan fingerprint density at radius 1 is 1.25 bits per heavy atom. The summed E-state index contributed by atoms with van der Waals surface area (Å²) in [6.45, 7) is 0. The van der Waals surface area contributed by atoms with Gasteiger partial charge in [-0.15, -0.1) is 0 Å². The SMILES string of the molecule is O=C(O)c1ccccc1O.[Ca+2].[Ca+2].[H-].[H-].[H-].[H-]. The summed E-state index contributed by atoms with van der Waals surface area (Å²) in [6, 6.07) is 5.81. The van der Waals surface area contributed by atoms with E-state index in [0.29, 0.717) is 0 Å². The Kier molecular flexibility index (Phi) is 9.57. The van der Waals surface area contributed by atoms with Crippen molar-refractivity contribution in [2.45, 2.75) is 0 Å². The molecule has 0 bridgehead atoms. The van der Waals surface area contributed by atoms with E-state index in [-0.39, 0.29) is 92.5 Å². The van der Waals surface area contributed by atoms with E-state index in [2.05, 4.69) is 0 Å². The zero-order valence-electron chi connectivity index (χ0n) is 10.5. The second kappa shape index (κ2) is 7.42. The van der Waals surface area contributed by atoms with Crippen molar-refractivity contribution in [3.8, 4) is 5.75 Å². The molecule has 1 rings (SSSR count). The van der Waals surface area contributed by atoms with Crippen LogP contribution >= 0.6 is 0 Å². The first-order chi connectivity index (χ1) is 4.72. The van der Waals surface area contributed by atoms with Crippen LogP contribution in [0.1, 0.15) is 16.1 Å². The van der Waals surface area contributed by atoms with Gasteiger partial charge >= 0.3 is 81.4 Å². The summed E-state index contributed by atoms with van der Waals surface area (Å²) in [6.07, 6.45) is 0. The minimum atomic E-state index is -1.11. The third-order valence-electron chi connectivity index (χ3n) is 1.13. The van der Waals surface area contributed by atoms with Crippen molar-refractivity contribution in [3.63, 3.8) is 0 Å². The maximum absolute atomic E-state index is 10.3. The minimum absolute atomic E-state index is 0. The van der Waals surface area contributed by atoms with Crippen molar-refractivity contribution in [2.24, 2.45) is 0 Å². The number of carboxylic acids is 1. The maximum atomic E-state index is 10.3. The number of carboxylic acid groups (broad SMARTS) is 1. The molecule has 2 N–H and O–H groups in total. The number of carbonyl (C=O) groups is 1. The predicted octanol–water partition coefficient (Wildman–Crippen LogP) is 0.779. The summed E-state index contributed by atoms with van der Waals surface area (Å²) in [5, 5.41) is 17.3. The number of aromatic hydroxyl groups is 1. The number of benzene rings is 1. The fourth-order valence-electron chi connectivity index (χ4n) is 0.654. The van der Waals surface area contributed by atoms with Crippen LogP contribution in [0.5, 0.6) is 5.75 Å². The van der Waals surface area contributed by atoms with Crippen LogP contribution in [0.3, 0.4) is 0 Å². The molecule has 1 aromatic rings. The quantitative estimate of drug-likeness (QED) is 0.690. The van der Waals surface area contributed by atoms with E-state index in [0.717, 1.165) is 0 Å². The summed E-state index contributed by atoms with van der Waals surface area (Å²) in [5.74, 6) is -1.31. The number of hydrogen-bond acceptors (Lipinski definition) is 2. The molecule has 0 radical (unpaired) electrons. The Morgan fingerprint density at radius 3 is 2.08 bits per heavy atom. The summed E-state index contributed by atoms with van der Waals surface area (Å²) < 4.78 is 0. The molecule has 0 unspecified atom stereocenters. The number of rotatable bonds is 1. The molecule has 0 saturated heterocycles. The molecule has 60 valence electrons. The van der Waals surface area contributed by atoms with Gasteiger partial charge in [0, 0.05) is 0 Å². The van der Waals surface area contributed by atoms with E-state index < -0.39 is 5.97 Å². The van der Waals surface area contributed by atoms with Gasteiger partial charge in [-0.2, -0.15) is 0 Å². The van der Waals surface area contributed by atoms with Crippen molar-refractivity contribution in [3.05, 3.63) is 29.8 Å². The van der Waals surface area contributed by atoms with E-state index in [9.17, 15) is 4.79 Å². The van der Waals surface area contributed by atoms with E-state index >= 15 is 0 Å². The molecule has 5 heteroatoms. The second-order valence-corrected chi connectivity index (χ2v) is 1.82. The molecule has 0 fully saturated rings. The first-order valence-corrected chi connectivity index (χ1v) is 2.73. The second-order valence-electron chi connectivity index (χ2n) is 1.82. The van der Waals surface area contributed by atoms with Crippen LogP contribution in [0.2, 0.25) is 0 Å². The molecule has 0 spiro atoms. The molecular weight excluding hydrogens is 212 g/mol. The molecule has 3 nitrogen and oxygen atoms in total. The summed E-state index contributed by atoms with van der Waals surface area (Å²) in [7, 11) is 0. The van der Waals surface area contributed by atoms with Gasteiger partial charge in [0.1, 0.15) is 11.3 Å². The van der Waals surface area contributed by atoms with Crippen LogP contribution in [0.15, 0.2) is 24.3 Å². The fourth-order valence-corrected chi connectivity index (χ4v) is 0.654. The molecule has 1 aromatic carbocycles. The molecule has 0 aliphatic carbocycles. The van der Waals surface area contributed by atoms with Gasteiger partial charge in [0.2, 0.25) is 0 Å². The monoisotopic (exact) mass is 222 g/mol. The number of para-hydroxylation sites is 1. The molecule has 0 saturated carbocycles. The van der Waals surface area contributed by atoms with Crippen LogP contribution in [-0.4, -0.2) is 91.7 Å². The van der Waals surface area contributed by atoms with Crippen molar-refractivity contribution < 1.29 is 20.7 Å². The van der Waals surface area contributed by atoms with E-state index in [1.165, 1.54) is 12.1 Å². The van der Waals surface area contributed by atoms with Crippen LogP contribution in [0.4, 0.5) is 0 Å². The smallest absolute Gasteiger partial charge is 1.00 e. The zero-order chi connectivity index (χ0) is 7.56. The number of phenols is 1. The average Bonchev–Trinajstić information content (AvgIpc) is 1.88. The van der Waals surface area contributed by atoms with Gasteiger partial charge in [0.25, 0.3) is 0 Å². The van der Waals surface area contributed by atoms with Crippen molar-refractivity contribution in [1.29, 1.82) is 0 Å². The van der Waals surface area contributed by atoms with Gasteiger partial charge in [-0.3, -0.25) is 0 Å². The normalized spacial score (nSPS) is 7.67. The Hall–Kier alpha value is 1.01. The predicted molar refractivity (Wildman–Crippen MR) is 51.0 cm³/mol. The zero-order valence-corrected chi connectivity index (χ0v) is 10.9. The molecule has 0 aromatic heterocycles. The summed E-state index contributed by atoms with van der Waals surface area (Å²) in [4.78, 5) is 10.3. The van der Waals surface area contributed by atoms with Crippen LogP contribution in [0.25, 0.3) is 0 Å². The summed E-state index contributed by atoms with van der Waals surface area (Å²) in [5.41, 5.74) is -0.0671. The van der Waals surface area contributed by atoms with Gasteiger partial charge in [0.05, 0.1) is 0 Å². The average molecular weight is 222 g/mol. The van der Waals surface area contributed by atoms with Gasteiger partial charge < -0.3 is 15.9 Å². The van der Waals surface area contributed by atoms with Crippen LogP contribution in [0, 0.1) is 0 Å². The van der Waals surface area contributed by atoms with E-state index in [1.54, 1.807) is 12.1 Å². The molecular formula is C7H10Ca2O3. The molecule has 0 heterocycles. The van der Waals surface area contributed by atoms with Crippen LogP contribution in [-0.2, 0) is 0 Å². The largest absolute Gasteiger partial charge is 2.00 e. The first kappa shape index (κ1) is 15.5. The van der Waals surface area contributed by atoms with Crippen molar-refractivity contribution in [1.82, 2.24) is 0 Å². The van der Waals surface area contributed by atoms with Gasteiger partial charge in [0.15, 0.2) is 0 Å². The Bertz CT molecular complexity index is 276. The Balaban J connectivity index is -0.0000000417. The van der Waals surface area contributed by atoms with Crippen LogP contribution < -0.4 is 0 Å². The Labute approximate surface area is 136 Å². The molecule has 0 aliphatic rings. The van der Waals surface area contributed by atoms with Crippen molar-refractivity contribution in [2.75, 3.05) is 0 Å². The third-order valence-corrected chi connectivity index (χ3v) is 1.13. The summed E-state index contributed by atoms with van der Waals surface area (Å²) >= 11 is 0. The standard InChI is InChI=1S/C7H6O3.2Ca.4H/c8-6-4-2-1-3-5(6)7(9)10;;;;;;/h1-4,8H,(H,9,10);;;;;;/q;2*+2;4*-1. The minimum Gasteiger partial charge on any atom is -1.00 e. The van der Waals surface area contributed by atoms with Crippen molar-refractivity contribution >= 4 is 81.4 Å². The molecule has 0 atom stereocenters. The molecule has 0 amide bonds. The molecule has 0 aliphatic heterocycles. The topological polar surface area (TPSA) is 57.5 Å².